The monoisotopic (exact) mass is 264 g/mol. The molecule has 0 fully saturated rings. The van der Waals surface area contributed by atoms with E-state index >= 15 is 0 Å². The summed E-state index contributed by atoms with van der Waals surface area (Å²) in [5.74, 6) is 0.731. The van der Waals surface area contributed by atoms with Crippen molar-refractivity contribution in [1.29, 1.82) is 0 Å². The van der Waals surface area contributed by atoms with Crippen molar-refractivity contribution < 1.29 is 5.11 Å². The standard InChI is InChI=1S/C12H16N4OS/c1-4-9-6-16(3)15-10(9)7-18-12-13-8(2)5-11(17)14-12/h5-6H,4,7H2,1-3H3,(H,13,14,17). The average Bonchev–Trinajstić information content (AvgIpc) is 2.66. The fourth-order valence-corrected chi connectivity index (χ4v) is 2.60. The quantitative estimate of drug-likeness (QED) is 0.676. The smallest absolute Gasteiger partial charge is 0.215 e. The molecule has 0 saturated heterocycles. The number of hydrogen-bond donors (Lipinski definition) is 1. The van der Waals surface area contributed by atoms with Gasteiger partial charge in [0, 0.05) is 30.8 Å². The molecule has 0 amide bonds. The Morgan fingerprint density at radius 2 is 2.17 bits per heavy atom. The van der Waals surface area contributed by atoms with E-state index in [4.69, 9.17) is 0 Å². The van der Waals surface area contributed by atoms with Gasteiger partial charge in [-0.05, 0) is 18.9 Å². The average molecular weight is 264 g/mol. The van der Waals surface area contributed by atoms with E-state index in [9.17, 15) is 5.11 Å². The van der Waals surface area contributed by atoms with Gasteiger partial charge in [-0.1, -0.05) is 18.7 Å². The Bertz CT molecular complexity index is 533. The summed E-state index contributed by atoms with van der Waals surface area (Å²) in [6.45, 7) is 3.95. The van der Waals surface area contributed by atoms with Crippen molar-refractivity contribution in [2.24, 2.45) is 7.05 Å². The van der Waals surface area contributed by atoms with E-state index < -0.39 is 0 Å². The molecule has 0 unspecified atom stereocenters. The summed E-state index contributed by atoms with van der Waals surface area (Å²) in [4.78, 5) is 8.25. The minimum absolute atomic E-state index is 0.0155. The topological polar surface area (TPSA) is 63.8 Å². The Hall–Kier alpha value is -1.56. The molecule has 2 rings (SSSR count). The highest BCUT2D eigenvalue weighted by Gasteiger charge is 2.08. The predicted molar refractivity (Wildman–Crippen MR) is 70.6 cm³/mol. The molecule has 18 heavy (non-hydrogen) atoms. The van der Waals surface area contributed by atoms with Crippen LogP contribution in [0, 0.1) is 6.92 Å². The van der Waals surface area contributed by atoms with Crippen LogP contribution in [0.4, 0.5) is 0 Å². The van der Waals surface area contributed by atoms with Crippen molar-refractivity contribution in [3.05, 3.63) is 29.2 Å². The lowest BCUT2D eigenvalue weighted by atomic mass is 10.2. The molecule has 0 radical (unpaired) electrons. The van der Waals surface area contributed by atoms with E-state index in [1.54, 1.807) is 6.07 Å². The van der Waals surface area contributed by atoms with Crippen LogP contribution in [0.1, 0.15) is 23.9 Å². The fourth-order valence-electron chi connectivity index (χ4n) is 1.72. The van der Waals surface area contributed by atoms with Crippen molar-refractivity contribution in [2.45, 2.75) is 31.2 Å². The minimum Gasteiger partial charge on any atom is -0.493 e. The van der Waals surface area contributed by atoms with Gasteiger partial charge in [-0.3, -0.25) is 4.68 Å². The van der Waals surface area contributed by atoms with Gasteiger partial charge in [-0.2, -0.15) is 10.1 Å². The zero-order valence-corrected chi connectivity index (χ0v) is 11.5. The van der Waals surface area contributed by atoms with Gasteiger partial charge in [0.2, 0.25) is 5.88 Å². The number of thioether (sulfide) groups is 1. The number of nitrogens with zero attached hydrogens (tertiary/aromatic N) is 4. The van der Waals surface area contributed by atoms with E-state index in [0.29, 0.717) is 10.9 Å². The maximum absolute atomic E-state index is 9.41. The first-order chi connectivity index (χ1) is 8.58. The lowest BCUT2D eigenvalue weighted by Crippen LogP contribution is -1.93. The van der Waals surface area contributed by atoms with Crippen molar-refractivity contribution in [1.82, 2.24) is 19.7 Å². The van der Waals surface area contributed by atoms with Gasteiger partial charge in [0.1, 0.15) is 0 Å². The summed E-state index contributed by atoms with van der Waals surface area (Å²) in [6, 6.07) is 1.54. The van der Waals surface area contributed by atoms with Crippen LogP contribution in [0.25, 0.3) is 0 Å². The maximum atomic E-state index is 9.41. The molecule has 1 N–H and O–H groups in total. The Labute approximate surface area is 110 Å². The number of aryl methyl sites for hydroxylation is 3. The van der Waals surface area contributed by atoms with Gasteiger partial charge in [-0.15, -0.1) is 0 Å². The lowest BCUT2D eigenvalue weighted by molar-refractivity contribution is 0.444. The van der Waals surface area contributed by atoms with E-state index in [1.807, 2.05) is 24.9 Å². The van der Waals surface area contributed by atoms with E-state index in [0.717, 1.165) is 17.8 Å². The van der Waals surface area contributed by atoms with Crippen LogP contribution in [-0.4, -0.2) is 24.9 Å². The van der Waals surface area contributed by atoms with Gasteiger partial charge in [0.05, 0.1) is 5.69 Å². The predicted octanol–water partition coefficient (Wildman–Crippen LogP) is 2.08. The minimum atomic E-state index is 0.0155. The summed E-state index contributed by atoms with van der Waals surface area (Å²) in [6.07, 6.45) is 2.99. The van der Waals surface area contributed by atoms with Crippen LogP contribution in [0.2, 0.25) is 0 Å². The summed E-state index contributed by atoms with van der Waals surface area (Å²) in [5, 5.41) is 14.4. The number of aromatic hydroxyl groups is 1. The van der Waals surface area contributed by atoms with E-state index in [1.165, 1.54) is 17.3 Å². The molecule has 2 aromatic heterocycles. The normalized spacial score (nSPS) is 10.8. The molecule has 0 aliphatic heterocycles. The van der Waals surface area contributed by atoms with Crippen LogP contribution in [0.3, 0.4) is 0 Å². The Kier molecular flexibility index (Phi) is 3.86. The highest BCUT2D eigenvalue weighted by atomic mass is 32.2. The van der Waals surface area contributed by atoms with Crippen LogP contribution < -0.4 is 0 Å². The van der Waals surface area contributed by atoms with Crippen molar-refractivity contribution in [3.63, 3.8) is 0 Å². The molecule has 2 heterocycles. The Balaban J connectivity index is 2.11. The summed E-state index contributed by atoms with van der Waals surface area (Å²) in [5.41, 5.74) is 3.05. The molecular weight excluding hydrogens is 248 g/mol. The van der Waals surface area contributed by atoms with Gasteiger partial charge in [-0.25, -0.2) is 4.98 Å². The molecule has 0 saturated carbocycles. The lowest BCUT2D eigenvalue weighted by Gasteiger charge is -2.01. The van der Waals surface area contributed by atoms with Crippen LogP contribution in [-0.2, 0) is 19.2 Å². The van der Waals surface area contributed by atoms with Gasteiger partial charge in [0.25, 0.3) is 0 Å². The second-order valence-electron chi connectivity index (χ2n) is 4.07. The largest absolute Gasteiger partial charge is 0.493 e. The Morgan fingerprint density at radius 3 is 2.83 bits per heavy atom. The van der Waals surface area contributed by atoms with E-state index in [-0.39, 0.29) is 5.88 Å². The number of aromatic nitrogens is 4. The molecule has 0 aromatic carbocycles. The SMILES string of the molecule is CCc1cn(C)nc1CSc1nc(C)cc(O)n1. The molecule has 5 nitrogen and oxygen atoms in total. The van der Waals surface area contributed by atoms with Gasteiger partial charge >= 0.3 is 0 Å². The molecule has 0 aliphatic carbocycles. The Morgan fingerprint density at radius 1 is 1.39 bits per heavy atom. The maximum Gasteiger partial charge on any atom is 0.215 e. The third-order valence-corrected chi connectivity index (χ3v) is 3.39. The summed E-state index contributed by atoms with van der Waals surface area (Å²) in [7, 11) is 1.92. The highest BCUT2D eigenvalue weighted by Crippen LogP contribution is 2.22. The van der Waals surface area contributed by atoms with Crippen molar-refractivity contribution >= 4 is 11.8 Å². The zero-order chi connectivity index (χ0) is 13.1. The third-order valence-electron chi connectivity index (χ3n) is 2.53. The number of hydrogen-bond acceptors (Lipinski definition) is 5. The van der Waals surface area contributed by atoms with Crippen molar-refractivity contribution in [2.75, 3.05) is 0 Å². The highest BCUT2D eigenvalue weighted by molar-refractivity contribution is 7.98. The second-order valence-corrected chi connectivity index (χ2v) is 5.01. The molecule has 0 atom stereocenters. The molecule has 0 spiro atoms. The first-order valence-corrected chi connectivity index (χ1v) is 6.76. The second kappa shape index (κ2) is 5.39. The summed E-state index contributed by atoms with van der Waals surface area (Å²) < 4.78 is 1.82. The van der Waals surface area contributed by atoms with Crippen LogP contribution in [0.15, 0.2) is 17.4 Å². The van der Waals surface area contributed by atoms with Crippen LogP contribution >= 0.6 is 11.8 Å². The van der Waals surface area contributed by atoms with Crippen LogP contribution in [0.5, 0.6) is 5.88 Å². The molecular formula is C12H16N4OS. The molecule has 2 aromatic rings. The first-order valence-electron chi connectivity index (χ1n) is 5.77. The first kappa shape index (κ1) is 12.9. The number of rotatable bonds is 4. The molecule has 0 bridgehead atoms. The van der Waals surface area contributed by atoms with Gasteiger partial charge < -0.3 is 5.11 Å². The molecule has 0 aliphatic rings. The summed E-state index contributed by atoms with van der Waals surface area (Å²) >= 11 is 1.49. The fraction of sp³-hybridized carbons (Fsp3) is 0.417. The van der Waals surface area contributed by atoms with Crippen molar-refractivity contribution in [3.8, 4) is 5.88 Å². The zero-order valence-electron chi connectivity index (χ0n) is 10.7. The van der Waals surface area contributed by atoms with Gasteiger partial charge in [0.15, 0.2) is 5.16 Å². The molecule has 96 valence electrons. The van der Waals surface area contributed by atoms with E-state index in [2.05, 4.69) is 22.0 Å². The third kappa shape index (κ3) is 3.01. The molecule has 6 heteroatoms.